The number of piperidine rings is 1. The van der Waals surface area contributed by atoms with Crippen molar-refractivity contribution in [2.75, 3.05) is 4.90 Å². The van der Waals surface area contributed by atoms with Crippen LogP contribution in [0, 0.1) is 12.8 Å². The normalized spacial score (nSPS) is 22.3. The zero-order chi connectivity index (χ0) is 23.9. The van der Waals surface area contributed by atoms with Crippen LogP contribution in [0.3, 0.4) is 0 Å². The molecule has 1 aromatic heterocycles. The topological polar surface area (TPSA) is 98.4 Å². The summed E-state index contributed by atoms with van der Waals surface area (Å²) < 4.78 is 5.15. The molecule has 2 N–H and O–H groups in total. The quantitative estimate of drug-likeness (QED) is 0.689. The van der Waals surface area contributed by atoms with E-state index in [4.69, 9.17) is 10.5 Å². The summed E-state index contributed by atoms with van der Waals surface area (Å²) in [4.78, 5) is 34.9. The van der Waals surface area contributed by atoms with Crippen molar-refractivity contribution in [1.29, 1.82) is 0 Å². The van der Waals surface area contributed by atoms with Gasteiger partial charge in [0.05, 0.1) is 5.69 Å². The predicted molar refractivity (Wildman–Crippen MR) is 127 cm³/mol. The van der Waals surface area contributed by atoms with Crippen molar-refractivity contribution >= 4 is 17.6 Å². The number of ether oxygens (including phenoxy) is 1. The summed E-state index contributed by atoms with van der Waals surface area (Å²) in [5.74, 6) is -0.160. The second-order valence-electron chi connectivity index (χ2n) is 10.5. The SMILES string of the molecule is CC(=O)Oc1c(C)nc(CC2CC3CCC(C2)N3c2ccc(C(C)(C)C)cc2)nc1C(N)=O. The molecule has 7 heteroatoms. The molecule has 0 saturated carbocycles. The number of carbonyl (C=O) groups excluding carboxylic acids is 2. The maximum atomic E-state index is 11.9. The average Bonchev–Trinajstić information content (AvgIpc) is 2.99. The van der Waals surface area contributed by atoms with Crippen molar-refractivity contribution in [3.63, 3.8) is 0 Å². The first-order chi connectivity index (χ1) is 15.5. The van der Waals surface area contributed by atoms with Gasteiger partial charge in [0.25, 0.3) is 5.91 Å². The molecule has 4 rings (SSSR count). The Kier molecular flexibility index (Phi) is 6.16. The molecule has 2 fully saturated rings. The summed E-state index contributed by atoms with van der Waals surface area (Å²) in [6.07, 6.45) is 5.21. The van der Waals surface area contributed by atoms with Crippen LogP contribution in [0.15, 0.2) is 24.3 Å². The van der Waals surface area contributed by atoms with Gasteiger partial charge in [-0.25, -0.2) is 9.97 Å². The Labute approximate surface area is 195 Å². The molecular formula is C26H34N4O3. The van der Waals surface area contributed by atoms with E-state index in [2.05, 4.69) is 59.9 Å². The Balaban J connectivity index is 1.50. The van der Waals surface area contributed by atoms with Gasteiger partial charge in [0, 0.05) is 31.1 Å². The number of aromatic nitrogens is 2. The summed E-state index contributed by atoms with van der Waals surface area (Å²) in [5, 5.41) is 0. The maximum absolute atomic E-state index is 11.9. The van der Waals surface area contributed by atoms with E-state index in [-0.39, 0.29) is 16.9 Å². The molecule has 3 heterocycles. The number of nitrogens with zero attached hydrogens (tertiary/aromatic N) is 3. The van der Waals surface area contributed by atoms with Gasteiger partial charge in [-0.05, 0) is 61.6 Å². The molecule has 1 amide bonds. The fourth-order valence-corrected chi connectivity index (χ4v) is 5.41. The third-order valence-corrected chi connectivity index (χ3v) is 6.89. The summed E-state index contributed by atoms with van der Waals surface area (Å²) in [7, 11) is 0. The third-order valence-electron chi connectivity index (χ3n) is 6.89. The van der Waals surface area contributed by atoms with E-state index in [1.165, 1.54) is 31.0 Å². The Morgan fingerprint density at radius 1 is 1.09 bits per heavy atom. The Hall–Kier alpha value is -2.96. The number of hydrogen-bond acceptors (Lipinski definition) is 6. The highest BCUT2D eigenvalue weighted by molar-refractivity contribution is 5.94. The molecule has 0 spiro atoms. The molecule has 0 radical (unpaired) electrons. The van der Waals surface area contributed by atoms with Crippen molar-refractivity contribution in [3.05, 3.63) is 47.0 Å². The van der Waals surface area contributed by atoms with Crippen molar-refractivity contribution in [3.8, 4) is 5.75 Å². The van der Waals surface area contributed by atoms with Crippen molar-refractivity contribution in [2.24, 2.45) is 11.7 Å². The standard InChI is InChI=1S/C26H34N4O3/c1-15-24(33-16(2)31)23(25(27)32)29-22(28-15)14-17-12-20-10-11-21(13-17)30(20)19-8-6-18(7-9-19)26(3,4)5/h6-9,17,20-21H,10-14H2,1-5H3,(H2,27,32). The first-order valence-electron chi connectivity index (χ1n) is 11.8. The minimum Gasteiger partial charge on any atom is -0.422 e. The first-order valence-corrected chi connectivity index (χ1v) is 11.8. The lowest BCUT2D eigenvalue weighted by atomic mass is 9.85. The van der Waals surface area contributed by atoms with Crippen LogP contribution >= 0.6 is 0 Å². The summed E-state index contributed by atoms with van der Waals surface area (Å²) in [5.41, 5.74) is 8.76. The zero-order valence-electron chi connectivity index (χ0n) is 20.2. The van der Waals surface area contributed by atoms with Crippen LogP contribution in [0.5, 0.6) is 5.75 Å². The molecule has 2 aliphatic rings. The number of nitrogens with two attached hydrogens (primary N) is 1. The zero-order valence-corrected chi connectivity index (χ0v) is 20.2. The minimum atomic E-state index is -0.716. The second kappa shape index (κ2) is 8.76. The van der Waals surface area contributed by atoms with Gasteiger partial charge in [0.2, 0.25) is 0 Å². The number of benzene rings is 1. The molecule has 0 aliphatic carbocycles. The van der Waals surface area contributed by atoms with Crippen LogP contribution in [0.25, 0.3) is 0 Å². The second-order valence-corrected chi connectivity index (χ2v) is 10.5. The van der Waals surface area contributed by atoms with Crippen LogP contribution in [-0.4, -0.2) is 33.9 Å². The monoisotopic (exact) mass is 450 g/mol. The third kappa shape index (κ3) is 4.87. The van der Waals surface area contributed by atoms with E-state index >= 15 is 0 Å². The maximum Gasteiger partial charge on any atom is 0.308 e. The van der Waals surface area contributed by atoms with Crippen LogP contribution in [-0.2, 0) is 16.6 Å². The average molecular weight is 451 g/mol. The number of esters is 1. The van der Waals surface area contributed by atoms with E-state index in [1.807, 2.05) is 0 Å². The lowest BCUT2D eigenvalue weighted by Crippen LogP contribution is -2.43. The lowest BCUT2D eigenvalue weighted by molar-refractivity contribution is -0.132. The van der Waals surface area contributed by atoms with Gasteiger partial charge in [0.15, 0.2) is 11.4 Å². The van der Waals surface area contributed by atoms with E-state index < -0.39 is 11.9 Å². The highest BCUT2D eigenvalue weighted by atomic mass is 16.5. The van der Waals surface area contributed by atoms with E-state index in [1.54, 1.807) is 6.92 Å². The van der Waals surface area contributed by atoms with E-state index in [0.29, 0.717) is 35.9 Å². The smallest absolute Gasteiger partial charge is 0.308 e. The molecule has 7 nitrogen and oxygen atoms in total. The molecule has 33 heavy (non-hydrogen) atoms. The van der Waals surface area contributed by atoms with E-state index in [9.17, 15) is 9.59 Å². The molecule has 2 aliphatic heterocycles. The van der Waals surface area contributed by atoms with Crippen LogP contribution in [0.4, 0.5) is 5.69 Å². The van der Waals surface area contributed by atoms with Crippen LogP contribution < -0.4 is 15.4 Å². The van der Waals surface area contributed by atoms with Gasteiger partial charge in [-0.3, -0.25) is 9.59 Å². The molecule has 2 bridgehead atoms. The highest BCUT2D eigenvalue weighted by Crippen LogP contribution is 2.43. The number of rotatable bonds is 5. The number of aryl methyl sites for hydroxylation is 1. The summed E-state index contributed by atoms with van der Waals surface area (Å²) in [6, 6.07) is 10.1. The van der Waals surface area contributed by atoms with Crippen molar-refractivity contribution < 1.29 is 14.3 Å². The van der Waals surface area contributed by atoms with Crippen molar-refractivity contribution in [1.82, 2.24) is 9.97 Å². The number of hydrogen-bond donors (Lipinski definition) is 1. The Morgan fingerprint density at radius 3 is 2.21 bits per heavy atom. The number of amides is 1. The largest absolute Gasteiger partial charge is 0.422 e. The highest BCUT2D eigenvalue weighted by Gasteiger charge is 2.41. The molecule has 1 aromatic carbocycles. The first kappa shape index (κ1) is 23.2. The van der Waals surface area contributed by atoms with Gasteiger partial charge in [-0.15, -0.1) is 0 Å². The lowest BCUT2D eigenvalue weighted by Gasteiger charge is -2.41. The number of carbonyl (C=O) groups is 2. The molecule has 2 aromatic rings. The van der Waals surface area contributed by atoms with Gasteiger partial charge in [-0.1, -0.05) is 32.9 Å². The summed E-state index contributed by atoms with van der Waals surface area (Å²) >= 11 is 0. The number of fused-ring (bicyclic) bond motifs is 2. The van der Waals surface area contributed by atoms with Gasteiger partial charge in [-0.2, -0.15) is 0 Å². The molecule has 2 atom stereocenters. The fourth-order valence-electron chi connectivity index (χ4n) is 5.41. The molecule has 2 saturated heterocycles. The summed E-state index contributed by atoms with van der Waals surface area (Å²) in [6.45, 7) is 9.71. The van der Waals surface area contributed by atoms with Crippen LogP contribution in [0.2, 0.25) is 0 Å². The number of anilines is 1. The molecular weight excluding hydrogens is 416 g/mol. The molecule has 2 unspecified atom stereocenters. The van der Waals surface area contributed by atoms with Crippen molar-refractivity contribution in [2.45, 2.75) is 84.2 Å². The number of primary amides is 1. The minimum absolute atomic E-state index is 0.0213. The Bertz CT molecular complexity index is 1040. The van der Waals surface area contributed by atoms with Crippen LogP contribution in [0.1, 0.15) is 80.9 Å². The predicted octanol–water partition coefficient (Wildman–Crippen LogP) is 4.10. The van der Waals surface area contributed by atoms with E-state index in [0.717, 1.165) is 12.8 Å². The fraction of sp³-hybridized carbons (Fsp3) is 0.538. The van der Waals surface area contributed by atoms with Gasteiger partial charge >= 0.3 is 5.97 Å². The van der Waals surface area contributed by atoms with Gasteiger partial charge in [0.1, 0.15) is 5.82 Å². The Morgan fingerprint density at radius 2 is 1.70 bits per heavy atom. The van der Waals surface area contributed by atoms with Gasteiger partial charge < -0.3 is 15.4 Å². The molecule has 176 valence electrons.